The number of amides is 1. The largest absolute Gasteiger partial charge is 0.397 e. The van der Waals surface area contributed by atoms with Crippen molar-refractivity contribution in [1.82, 2.24) is 9.80 Å². The first kappa shape index (κ1) is 14.8. The molecule has 2 rings (SSSR count). The lowest BCUT2D eigenvalue weighted by atomic mass is 10.2. The fraction of sp³-hybridized carbons (Fsp3) is 0.533. The van der Waals surface area contributed by atoms with Gasteiger partial charge in [-0.1, -0.05) is 12.1 Å². The fourth-order valence-electron chi connectivity index (χ4n) is 2.44. The lowest BCUT2D eigenvalue weighted by Gasteiger charge is -2.21. The molecule has 0 unspecified atom stereocenters. The molecule has 0 spiro atoms. The summed E-state index contributed by atoms with van der Waals surface area (Å²) in [4.78, 5) is 16.4. The molecule has 1 saturated heterocycles. The normalized spacial score (nSPS) is 15.7. The van der Waals surface area contributed by atoms with Crippen molar-refractivity contribution in [3.8, 4) is 0 Å². The number of nitrogens with two attached hydrogens (primary N) is 1. The maximum atomic E-state index is 11.9. The van der Waals surface area contributed by atoms with Gasteiger partial charge in [0.15, 0.2) is 0 Å². The maximum absolute atomic E-state index is 11.9. The highest BCUT2D eigenvalue weighted by Gasteiger charge is 2.13. The van der Waals surface area contributed by atoms with Crippen LogP contribution < -0.4 is 11.1 Å². The Kier molecular flexibility index (Phi) is 5.38. The zero-order chi connectivity index (χ0) is 14.4. The van der Waals surface area contributed by atoms with Crippen molar-refractivity contribution in [1.29, 1.82) is 0 Å². The number of anilines is 2. The van der Waals surface area contributed by atoms with E-state index >= 15 is 0 Å². The van der Waals surface area contributed by atoms with Gasteiger partial charge in [0, 0.05) is 13.1 Å². The first-order valence-corrected chi connectivity index (χ1v) is 7.20. The van der Waals surface area contributed by atoms with Gasteiger partial charge in [-0.2, -0.15) is 0 Å². The van der Waals surface area contributed by atoms with Gasteiger partial charge in [0.25, 0.3) is 0 Å². The highest BCUT2D eigenvalue weighted by Crippen LogP contribution is 2.16. The van der Waals surface area contributed by atoms with Crippen LogP contribution in [0.4, 0.5) is 11.4 Å². The zero-order valence-corrected chi connectivity index (χ0v) is 12.1. The molecule has 0 radical (unpaired) electrons. The smallest absolute Gasteiger partial charge is 0.238 e. The number of hydrogen-bond donors (Lipinski definition) is 2. The van der Waals surface area contributed by atoms with Crippen molar-refractivity contribution < 1.29 is 4.79 Å². The third-order valence-electron chi connectivity index (χ3n) is 3.65. The molecule has 5 heteroatoms. The van der Waals surface area contributed by atoms with Gasteiger partial charge in [-0.3, -0.25) is 9.69 Å². The number of nitrogens with one attached hydrogen (secondary N) is 1. The van der Waals surface area contributed by atoms with E-state index in [9.17, 15) is 4.79 Å². The molecule has 1 heterocycles. The van der Waals surface area contributed by atoms with Crippen molar-refractivity contribution in [2.45, 2.75) is 12.8 Å². The summed E-state index contributed by atoms with van der Waals surface area (Å²) < 4.78 is 0. The maximum Gasteiger partial charge on any atom is 0.238 e. The second-order valence-electron chi connectivity index (χ2n) is 5.42. The fourth-order valence-corrected chi connectivity index (χ4v) is 2.44. The standard InChI is InChI=1S/C15H24N4O/c1-18(10-11-19-8-4-5-9-19)12-15(20)17-14-7-3-2-6-13(14)16/h2-3,6-7H,4-5,8-12,16H2,1H3,(H,17,20). The number of likely N-dealkylation sites (N-methyl/N-ethyl adjacent to an activating group) is 1. The molecule has 0 aromatic heterocycles. The topological polar surface area (TPSA) is 61.6 Å². The Hall–Kier alpha value is -1.59. The third-order valence-corrected chi connectivity index (χ3v) is 3.65. The SMILES string of the molecule is CN(CCN1CCCC1)CC(=O)Nc1ccccc1N. The molecule has 1 aromatic rings. The van der Waals surface area contributed by atoms with Gasteiger partial charge in [0.2, 0.25) is 5.91 Å². The number of nitrogen functional groups attached to an aromatic ring is 1. The van der Waals surface area contributed by atoms with Gasteiger partial charge in [0.1, 0.15) is 0 Å². The summed E-state index contributed by atoms with van der Waals surface area (Å²) in [5.74, 6) is -0.0215. The molecule has 20 heavy (non-hydrogen) atoms. The van der Waals surface area contributed by atoms with Gasteiger partial charge in [-0.05, 0) is 45.1 Å². The van der Waals surface area contributed by atoms with Gasteiger partial charge in [0.05, 0.1) is 17.9 Å². The lowest BCUT2D eigenvalue weighted by Crippen LogP contribution is -2.36. The molecule has 1 aromatic carbocycles. The van der Waals surface area contributed by atoms with Crippen molar-refractivity contribution in [2.75, 3.05) is 50.8 Å². The van der Waals surface area contributed by atoms with Gasteiger partial charge in [-0.25, -0.2) is 0 Å². The molecular weight excluding hydrogens is 252 g/mol. The van der Waals surface area contributed by atoms with Crippen LogP contribution in [0.2, 0.25) is 0 Å². The Bertz CT molecular complexity index is 443. The minimum absolute atomic E-state index is 0.0215. The summed E-state index contributed by atoms with van der Waals surface area (Å²) in [6.45, 7) is 4.73. The van der Waals surface area contributed by atoms with Gasteiger partial charge < -0.3 is 16.0 Å². The van der Waals surface area contributed by atoms with Gasteiger partial charge in [-0.15, -0.1) is 0 Å². The lowest BCUT2D eigenvalue weighted by molar-refractivity contribution is -0.117. The van der Waals surface area contributed by atoms with Crippen LogP contribution in [0, 0.1) is 0 Å². The number of carbonyl (C=O) groups excluding carboxylic acids is 1. The molecule has 5 nitrogen and oxygen atoms in total. The summed E-state index contributed by atoms with van der Waals surface area (Å²) in [6.07, 6.45) is 2.61. The average molecular weight is 276 g/mol. The molecule has 1 aliphatic rings. The molecule has 110 valence electrons. The van der Waals surface area contributed by atoms with E-state index < -0.39 is 0 Å². The molecule has 0 aliphatic carbocycles. The predicted octanol–water partition coefficient (Wildman–Crippen LogP) is 1.23. The predicted molar refractivity (Wildman–Crippen MR) is 82.7 cm³/mol. The van der Waals surface area contributed by atoms with E-state index in [2.05, 4.69) is 10.2 Å². The number of carbonyl (C=O) groups is 1. The van der Waals surface area contributed by atoms with Crippen molar-refractivity contribution in [3.63, 3.8) is 0 Å². The molecular formula is C15H24N4O. The highest BCUT2D eigenvalue weighted by atomic mass is 16.2. The van der Waals surface area contributed by atoms with E-state index in [-0.39, 0.29) is 5.91 Å². The number of para-hydroxylation sites is 2. The van der Waals surface area contributed by atoms with Crippen LogP contribution in [0.1, 0.15) is 12.8 Å². The molecule has 1 aliphatic heterocycles. The third kappa shape index (κ3) is 4.51. The first-order valence-electron chi connectivity index (χ1n) is 7.20. The Balaban J connectivity index is 1.72. The van der Waals surface area contributed by atoms with Crippen LogP contribution in [0.25, 0.3) is 0 Å². The molecule has 3 N–H and O–H groups in total. The Morgan fingerprint density at radius 2 is 2.05 bits per heavy atom. The van der Waals surface area contributed by atoms with Crippen LogP contribution in [0.15, 0.2) is 24.3 Å². The van der Waals surface area contributed by atoms with Crippen LogP contribution in [-0.2, 0) is 4.79 Å². The summed E-state index contributed by atoms with van der Waals surface area (Å²) >= 11 is 0. The second kappa shape index (κ2) is 7.26. The molecule has 0 bridgehead atoms. The summed E-state index contributed by atoms with van der Waals surface area (Å²) in [5, 5.41) is 2.85. The van der Waals surface area contributed by atoms with Crippen LogP contribution >= 0.6 is 0 Å². The van der Waals surface area contributed by atoms with Crippen molar-refractivity contribution >= 4 is 17.3 Å². The summed E-state index contributed by atoms with van der Waals surface area (Å²) in [5.41, 5.74) is 7.09. The van der Waals surface area contributed by atoms with E-state index in [1.807, 2.05) is 30.1 Å². The van der Waals surface area contributed by atoms with Crippen molar-refractivity contribution in [3.05, 3.63) is 24.3 Å². The molecule has 1 fully saturated rings. The Labute approximate surface area is 120 Å². The Morgan fingerprint density at radius 1 is 1.35 bits per heavy atom. The summed E-state index contributed by atoms with van der Waals surface area (Å²) in [7, 11) is 1.98. The number of likely N-dealkylation sites (tertiary alicyclic amines) is 1. The van der Waals surface area contributed by atoms with E-state index in [1.54, 1.807) is 6.07 Å². The zero-order valence-electron chi connectivity index (χ0n) is 12.1. The molecule has 0 atom stereocenters. The molecule has 1 amide bonds. The number of hydrogen-bond acceptors (Lipinski definition) is 4. The van der Waals surface area contributed by atoms with Gasteiger partial charge >= 0.3 is 0 Å². The number of nitrogens with zero attached hydrogens (tertiary/aromatic N) is 2. The van der Waals surface area contributed by atoms with Crippen LogP contribution in [0.3, 0.4) is 0 Å². The van der Waals surface area contributed by atoms with E-state index in [0.29, 0.717) is 17.9 Å². The van der Waals surface area contributed by atoms with Crippen molar-refractivity contribution in [2.24, 2.45) is 0 Å². The molecule has 0 saturated carbocycles. The van der Waals surface area contributed by atoms with Crippen LogP contribution in [-0.4, -0.2) is 55.5 Å². The first-order chi connectivity index (χ1) is 9.65. The second-order valence-corrected chi connectivity index (χ2v) is 5.42. The average Bonchev–Trinajstić information content (AvgIpc) is 2.92. The van der Waals surface area contributed by atoms with Crippen LogP contribution in [0.5, 0.6) is 0 Å². The highest BCUT2D eigenvalue weighted by molar-refractivity contribution is 5.95. The van der Waals surface area contributed by atoms with E-state index in [0.717, 1.165) is 13.1 Å². The van der Waals surface area contributed by atoms with E-state index in [4.69, 9.17) is 5.73 Å². The monoisotopic (exact) mass is 276 g/mol. The number of benzene rings is 1. The number of rotatable bonds is 6. The summed E-state index contributed by atoms with van der Waals surface area (Å²) in [6, 6.07) is 7.32. The minimum Gasteiger partial charge on any atom is -0.397 e. The minimum atomic E-state index is -0.0215. The van der Waals surface area contributed by atoms with E-state index in [1.165, 1.54) is 25.9 Å². The Morgan fingerprint density at radius 3 is 2.75 bits per heavy atom. The quantitative estimate of drug-likeness (QED) is 0.767.